The van der Waals surface area contributed by atoms with Gasteiger partial charge in [0.25, 0.3) is 0 Å². The second kappa shape index (κ2) is 5.10. The Labute approximate surface area is 136 Å². The molecule has 0 aromatic rings. The maximum atomic E-state index is 10.2. The number of hydrogen-bond donors (Lipinski definition) is 1. The lowest BCUT2D eigenvalue weighted by Gasteiger charge is -2.60. The van der Waals surface area contributed by atoms with Crippen molar-refractivity contribution in [2.75, 3.05) is 0 Å². The lowest BCUT2D eigenvalue weighted by Crippen LogP contribution is -2.52. The van der Waals surface area contributed by atoms with Crippen LogP contribution in [-0.4, -0.2) is 11.2 Å². The Balaban J connectivity index is 1.63. The van der Waals surface area contributed by atoms with E-state index in [0.29, 0.717) is 10.8 Å². The first-order chi connectivity index (χ1) is 10.5. The van der Waals surface area contributed by atoms with E-state index in [1.807, 2.05) is 6.92 Å². The first kappa shape index (κ1) is 15.2. The molecular weight excluding hydrogens is 268 g/mol. The lowest BCUT2D eigenvalue weighted by molar-refractivity contribution is -0.101. The van der Waals surface area contributed by atoms with E-state index in [4.69, 9.17) is 0 Å². The van der Waals surface area contributed by atoms with E-state index >= 15 is 0 Å². The number of aliphatic hydroxyl groups is 1. The van der Waals surface area contributed by atoms with Crippen LogP contribution >= 0.6 is 0 Å². The van der Waals surface area contributed by atoms with Crippen LogP contribution in [-0.2, 0) is 0 Å². The normalized spacial score (nSPS) is 52.3. The van der Waals surface area contributed by atoms with E-state index in [0.717, 1.165) is 23.7 Å². The van der Waals surface area contributed by atoms with Crippen LogP contribution in [0.5, 0.6) is 0 Å². The van der Waals surface area contributed by atoms with Crippen LogP contribution in [0, 0.1) is 34.5 Å². The summed E-state index contributed by atoms with van der Waals surface area (Å²) in [5, 5.41) is 10.2. The molecule has 0 bridgehead atoms. The Morgan fingerprint density at radius 1 is 1.05 bits per heavy atom. The molecule has 3 fully saturated rings. The zero-order valence-electron chi connectivity index (χ0n) is 14.8. The third-order valence-electron chi connectivity index (χ3n) is 8.67. The molecule has 0 saturated heterocycles. The molecule has 1 nitrogen and oxygen atoms in total. The van der Waals surface area contributed by atoms with Crippen molar-refractivity contribution in [2.24, 2.45) is 34.5 Å². The number of fused-ring (bicyclic) bond motifs is 5. The molecule has 2 unspecified atom stereocenters. The highest BCUT2D eigenvalue weighted by atomic mass is 16.3. The van der Waals surface area contributed by atoms with Gasteiger partial charge in [-0.15, -0.1) is 0 Å². The predicted molar refractivity (Wildman–Crippen MR) is 91.5 cm³/mol. The van der Waals surface area contributed by atoms with E-state index in [1.54, 1.807) is 0 Å². The van der Waals surface area contributed by atoms with Crippen LogP contribution in [0.3, 0.4) is 0 Å². The van der Waals surface area contributed by atoms with Gasteiger partial charge in [-0.2, -0.15) is 0 Å². The Bertz CT molecular complexity index is 478. The van der Waals surface area contributed by atoms with Crippen molar-refractivity contribution in [3.05, 3.63) is 11.6 Å². The molecule has 0 aromatic heterocycles. The van der Waals surface area contributed by atoms with Gasteiger partial charge in [0.05, 0.1) is 6.10 Å². The highest BCUT2D eigenvalue weighted by Gasteiger charge is 2.58. The Morgan fingerprint density at radius 3 is 2.64 bits per heavy atom. The molecule has 0 amide bonds. The van der Waals surface area contributed by atoms with Gasteiger partial charge < -0.3 is 5.11 Å². The third-order valence-corrected chi connectivity index (χ3v) is 8.67. The molecule has 0 heterocycles. The van der Waals surface area contributed by atoms with Gasteiger partial charge >= 0.3 is 0 Å². The van der Waals surface area contributed by atoms with Crippen molar-refractivity contribution < 1.29 is 5.11 Å². The molecule has 0 aliphatic heterocycles. The van der Waals surface area contributed by atoms with E-state index < -0.39 is 0 Å². The van der Waals surface area contributed by atoms with Crippen LogP contribution in [0.25, 0.3) is 0 Å². The fourth-order valence-electron chi connectivity index (χ4n) is 7.54. The second-order valence-electron chi connectivity index (χ2n) is 9.43. The molecule has 4 aliphatic carbocycles. The smallest absolute Gasteiger partial charge is 0.0727 e. The van der Waals surface area contributed by atoms with Gasteiger partial charge in [0.15, 0.2) is 0 Å². The maximum Gasteiger partial charge on any atom is 0.0727 e. The van der Waals surface area contributed by atoms with Crippen molar-refractivity contribution in [3.8, 4) is 0 Å². The molecule has 124 valence electrons. The minimum atomic E-state index is -0.242. The number of allylic oxidation sites excluding steroid dienone is 1. The second-order valence-corrected chi connectivity index (χ2v) is 9.43. The zero-order chi connectivity index (χ0) is 15.5. The highest BCUT2D eigenvalue weighted by Crippen LogP contribution is 2.66. The number of hydrogen-bond acceptors (Lipinski definition) is 1. The number of aliphatic hydroxyl groups excluding tert-OH is 1. The first-order valence-corrected chi connectivity index (χ1v) is 9.85. The summed E-state index contributed by atoms with van der Waals surface area (Å²) < 4.78 is 0. The van der Waals surface area contributed by atoms with Crippen molar-refractivity contribution in [2.45, 2.75) is 84.7 Å². The molecule has 22 heavy (non-hydrogen) atoms. The molecule has 1 N–H and O–H groups in total. The molecule has 3 saturated carbocycles. The fraction of sp³-hybridized carbons (Fsp3) is 0.905. The Morgan fingerprint density at radius 2 is 1.86 bits per heavy atom. The lowest BCUT2D eigenvalue weighted by atomic mass is 9.45. The standard InChI is InChI=1S/C21H34O/c1-14(22)17-9-10-18-16-8-7-15-6-4-5-12-20(15,2)19(16)11-13-21(17,18)3/h9,14-16,18-19,22H,4-8,10-13H2,1-3H3/t14?,15?,16-,18-,19-,20-,21+/m0/s1. The maximum absolute atomic E-state index is 10.2. The van der Waals surface area contributed by atoms with E-state index in [2.05, 4.69) is 19.9 Å². The van der Waals surface area contributed by atoms with Gasteiger partial charge in [-0.1, -0.05) is 32.8 Å². The largest absolute Gasteiger partial charge is 0.389 e. The summed E-state index contributed by atoms with van der Waals surface area (Å²) >= 11 is 0. The summed E-state index contributed by atoms with van der Waals surface area (Å²) in [6, 6.07) is 0. The molecule has 0 radical (unpaired) electrons. The summed E-state index contributed by atoms with van der Waals surface area (Å²) in [6.45, 7) is 7.09. The summed E-state index contributed by atoms with van der Waals surface area (Å²) in [5.74, 6) is 3.71. The zero-order valence-corrected chi connectivity index (χ0v) is 14.8. The summed E-state index contributed by atoms with van der Waals surface area (Å²) in [5.41, 5.74) is 2.30. The SMILES string of the molecule is CC(O)C1=CC[C@H]2[C@@H]3CCC4CCCC[C@]4(C)[C@H]3CC[C@]12C. The third kappa shape index (κ3) is 1.93. The van der Waals surface area contributed by atoms with Gasteiger partial charge in [-0.3, -0.25) is 0 Å². The van der Waals surface area contributed by atoms with Crippen LogP contribution in [0.2, 0.25) is 0 Å². The minimum absolute atomic E-state index is 0.242. The van der Waals surface area contributed by atoms with Crippen molar-refractivity contribution in [1.82, 2.24) is 0 Å². The Hall–Kier alpha value is -0.300. The molecule has 0 aromatic carbocycles. The van der Waals surface area contributed by atoms with Crippen molar-refractivity contribution in [3.63, 3.8) is 0 Å². The van der Waals surface area contributed by atoms with Crippen LogP contribution in [0.4, 0.5) is 0 Å². The molecular formula is C21H34O. The van der Waals surface area contributed by atoms with Gasteiger partial charge in [0.1, 0.15) is 0 Å². The fourth-order valence-corrected chi connectivity index (χ4v) is 7.54. The molecule has 0 spiro atoms. The number of rotatable bonds is 1. The average Bonchev–Trinajstić information content (AvgIpc) is 2.84. The first-order valence-electron chi connectivity index (χ1n) is 9.85. The minimum Gasteiger partial charge on any atom is -0.389 e. The highest BCUT2D eigenvalue weighted by molar-refractivity contribution is 5.27. The van der Waals surface area contributed by atoms with Gasteiger partial charge in [0, 0.05) is 0 Å². The van der Waals surface area contributed by atoms with E-state index in [9.17, 15) is 5.11 Å². The van der Waals surface area contributed by atoms with Crippen LogP contribution in [0.1, 0.15) is 78.6 Å². The summed E-state index contributed by atoms with van der Waals surface area (Å²) in [6.07, 6.45) is 15.0. The van der Waals surface area contributed by atoms with Crippen LogP contribution in [0.15, 0.2) is 11.6 Å². The monoisotopic (exact) mass is 302 g/mol. The van der Waals surface area contributed by atoms with Gasteiger partial charge in [-0.25, -0.2) is 0 Å². The average molecular weight is 303 g/mol. The van der Waals surface area contributed by atoms with Crippen molar-refractivity contribution in [1.29, 1.82) is 0 Å². The molecule has 4 rings (SSSR count). The quantitative estimate of drug-likeness (QED) is 0.648. The summed E-state index contributed by atoms with van der Waals surface area (Å²) in [7, 11) is 0. The molecule has 1 heteroatoms. The van der Waals surface area contributed by atoms with E-state index in [-0.39, 0.29) is 6.10 Å². The Kier molecular flexibility index (Phi) is 3.53. The van der Waals surface area contributed by atoms with E-state index in [1.165, 1.54) is 63.4 Å². The topological polar surface area (TPSA) is 20.2 Å². The van der Waals surface area contributed by atoms with Gasteiger partial charge in [-0.05, 0) is 91.9 Å². The van der Waals surface area contributed by atoms with Crippen molar-refractivity contribution >= 4 is 0 Å². The molecule has 4 aliphatic rings. The van der Waals surface area contributed by atoms with Crippen LogP contribution < -0.4 is 0 Å². The van der Waals surface area contributed by atoms with Gasteiger partial charge in [0.2, 0.25) is 0 Å². The molecule has 7 atom stereocenters. The predicted octanol–water partition coefficient (Wildman–Crippen LogP) is 5.34. The summed E-state index contributed by atoms with van der Waals surface area (Å²) in [4.78, 5) is 0.